The zero-order valence-corrected chi connectivity index (χ0v) is 13.3. The smallest absolute Gasteiger partial charge is 0.313 e. The van der Waals surface area contributed by atoms with Crippen LogP contribution in [0.4, 0.5) is 0 Å². The number of aryl methyl sites for hydroxylation is 1. The Kier molecular flexibility index (Phi) is 5.19. The fourth-order valence-electron chi connectivity index (χ4n) is 1.68. The lowest BCUT2D eigenvalue weighted by Gasteiger charge is -2.05. The van der Waals surface area contributed by atoms with Crippen LogP contribution in [0.25, 0.3) is 5.82 Å². The normalized spacial score (nSPS) is 10.7. The van der Waals surface area contributed by atoms with Crippen LogP contribution in [-0.2, 0) is 11.2 Å². The third-order valence-corrected chi connectivity index (χ3v) is 3.95. The maximum atomic E-state index is 10.7. The van der Waals surface area contributed by atoms with Crippen LogP contribution in [0.3, 0.4) is 0 Å². The van der Waals surface area contributed by atoms with Gasteiger partial charge < -0.3 is 5.11 Å². The van der Waals surface area contributed by atoms with Gasteiger partial charge in [-0.2, -0.15) is 5.10 Å². The van der Waals surface area contributed by atoms with Crippen LogP contribution in [0.15, 0.2) is 33.9 Å². The summed E-state index contributed by atoms with van der Waals surface area (Å²) < 4.78 is 2.59. The van der Waals surface area contributed by atoms with E-state index < -0.39 is 5.97 Å². The van der Waals surface area contributed by atoms with Crippen molar-refractivity contribution < 1.29 is 9.90 Å². The van der Waals surface area contributed by atoms with E-state index >= 15 is 0 Å². The summed E-state index contributed by atoms with van der Waals surface area (Å²) in [7, 11) is 0. The van der Waals surface area contributed by atoms with Crippen LogP contribution in [0.1, 0.15) is 19.0 Å². The minimum absolute atomic E-state index is 0.00772. The lowest BCUT2D eigenvalue weighted by molar-refractivity contribution is -0.133. The SMILES string of the molecule is CCCc1cc(SCC(=O)O)n(-c2ccc(Br)cn2)n1. The molecule has 0 aliphatic heterocycles. The van der Waals surface area contributed by atoms with Crippen LogP contribution in [-0.4, -0.2) is 31.6 Å². The van der Waals surface area contributed by atoms with Gasteiger partial charge in [-0.15, -0.1) is 0 Å². The second-order valence-electron chi connectivity index (χ2n) is 4.15. The molecule has 0 unspecified atom stereocenters. The van der Waals surface area contributed by atoms with E-state index in [2.05, 4.69) is 32.9 Å². The van der Waals surface area contributed by atoms with Gasteiger partial charge >= 0.3 is 5.97 Å². The molecule has 20 heavy (non-hydrogen) atoms. The number of nitrogens with zero attached hydrogens (tertiary/aromatic N) is 3. The Hall–Kier alpha value is -1.34. The molecule has 0 fully saturated rings. The predicted octanol–water partition coefficient (Wildman–Crippen LogP) is 3.16. The number of hydrogen-bond acceptors (Lipinski definition) is 4. The summed E-state index contributed by atoms with van der Waals surface area (Å²) in [5.41, 5.74) is 0.949. The van der Waals surface area contributed by atoms with Gasteiger partial charge in [0, 0.05) is 10.7 Å². The molecule has 0 aliphatic rings. The van der Waals surface area contributed by atoms with Crippen molar-refractivity contribution in [3.05, 3.63) is 34.6 Å². The highest BCUT2D eigenvalue weighted by atomic mass is 79.9. The second-order valence-corrected chi connectivity index (χ2v) is 6.06. The molecule has 0 aromatic carbocycles. The maximum absolute atomic E-state index is 10.7. The van der Waals surface area contributed by atoms with E-state index in [9.17, 15) is 4.79 Å². The first-order chi connectivity index (χ1) is 9.60. The van der Waals surface area contributed by atoms with Crippen LogP contribution in [0.2, 0.25) is 0 Å². The molecule has 0 saturated carbocycles. The number of carboxylic acids is 1. The molecule has 2 rings (SSSR count). The Morgan fingerprint density at radius 3 is 2.90 bits per heavy atom. The molecule has 0 spiro atoms. The van der Waals surface area contributed by atoms with Crippen molar-refractivity contribution >= 4 is 33.7 Å². The number of carbonyl (C=O) groups is 1. The van der Waals surface area contributed by atoms with Gasteiger partial charge in [-0.05, 0) is 40.5 Å². The lowest BCUT2D eigenvalue weighted by atomic mass is 10.3. The number of aliphatic carboxylic acids is 1. The number of aromatic nitrogens is 3. The summed E-state index contributed by atoms with van der Waals surface area (Å²) in [4.78, 5) is 15.0. The van der Waals surface area contributed by atoms with Gasteiger partial charge in [0.05, 0.1) is 11.4 Å². The van der Waals surface area contributed by atoms with Crippen molar-refractivity contribution in [3.63, 3.8) is 0 Å². The molecule has 0 aliphatic carbocycles. The van der Waals surface area contributed by atoms with Crippen molar-refractivity contribution in [3.8, 4) is 5.82 Å². The fraction of sp³-hybridized carbons (Fsp3) is 0.308. The van der Waals surface area contributed by atoms with Crippen molar-refractivity contribution in [1.82, 2.24) is 14.8 Å². The Morgan fingerprint density at radius 1 is 1.50 bits per heavy atom. The molecule has 0 saturated heterocycles. The van der Waals surface area contributed by atoms with Gasteiger partial charge in [0.1, 0.15) is 5.03 Å². The first kappa shape index (κ1) is 15.1. The molecule has 2 aromatic rings. The van der Waals surface area contributed by atoms with Crippen molar-refractivity contribution in [2.45, 2.75) is 24.8 Å². The van der Waals surface area contributed by atoms with Crippen LogP contribution >= 0.6 is 27.7 Å². The van der Waals surface area contributed by atoms with Crippen LogP contribution < -0.4 is 0 Å². The molecular formula is C13H14BrN3O2S. The Labute approximate surface area is 129 Å². The first-order valence-electron chi connectivity index (χ1n) is 6.15. The standard InChI is InChI=1S/C13H14BrN3O2S/c1-2-3-10-6-12(20-8-13(18)19)17(16-10)11-5-4-9(14)7-15-11/h4-7H,2-3,8H2,1H3,(H,18,19). The summed E-state index contributed by atoms with van der Waals surface area (Å²) >= 11 is 4.59. The minimum atomic E-state index is -0.844. The number of thioether (sulfide) groups is 1. The summed E-state index contributed by atoms with van der Waals surface area (Å²) in [5.74, 6) is -0.152. The molecule has 0 atom stereocenters. The molecule has 2 aromatic heterocycles. The van der Waals surface area contributed by atoms with E-state index in [1.54, 1.807) is 10.9 Å². The zero-order chi connectivity index (χ0) is 14.5. The number of rotatable bonds is 6. The van der Waals surface area contributed by atoms with E-state index in [-0.39, 0.29) is 5.75 Å². The topological polar surface area (TPSA) is 68.0 Å². The molecule has 106 valence electrons. The molecular weight excluding hydrogens is 342 g/mol. The monoisotopic (exact) mass is 355 g/mol. The molecule has 5 nitrogen and oxygen atoms in total. The highest BCUT2D eigenvalue weighted by Gasteiger charge is 2.12. The average Bonchev–Trinajstić information content (AvgIpc) is 2.81. The lowest BCUT2D eigenvalue weighted by Crippen LogP contribution is -2.04. The van der Waals surface area contributed by atoms with E-state index in [4.69, 9.17) is 5.11 Å². The number of halogens is 1. The van der Waals surface area contributed by atoms with Gasteiger partial charge in [0.15, 0.2) is 5.82 Å². The average molecular weight is 356 g/mol. The van der Waals surface area contributed by atoms with Crippen LogP contribution in [0, 0.1) is 0 Å². The van der Waals surface area contributed by atoms with Gasteiger partial charge in [-0.3, -0.25) is 4.79 Å². The number of pyridine rings is 1. The number of carboxylic acid groups (broad SMARTS) is 1. The van der Waals surface area contributed by atoms with Crippen molar-refractivity contribution in [2.75, 3.05) is 5.75 Å². The summed E-state index contributed by atoms with van der Waals surface area (Å²) in [6, 6.07) is 5.66. The Balaban J connectivity index is 2.33. The molecule has 0 radical (unpaired) electrons. The van der Waals surface area contributed by atoms with Crippen molar-refractivity contribution in [1.29, 1.82) is 0 Å². The first-order valence-corrected chi connectivity index (χ1v) is 7.93. The number of hydrogen-bond donors (Lipinski definition) is 1. The van der Waals surface area contributed by atoms with E-state index in [0.29, 0.717) is 5.82 Å². The Morgan fingerprint density at radius 2 is 2.30 bits per heavy atom. The fourth-order valence-corrected chi connectivity index (χ4v) is 2.67. The van der Waals surface area contributed by atoms with Crippen molar-refractivity contribution in [2.24, 2.45) is 0 Å². The third kappa shape index (κ3) is 3.83. The molecule has 0 bridgehead atoms. The van der Waals surface area contributed by atoms with E-state index in [1.807, 2.05) is 18.2 Å². The van der Waals surface area contributed by atoms with E-state index in [1.165, 1.54) is 11.8 Å². The second kappa shape index (κ2) is 6.90. The van der Waals surface area contributed by atoms with Gasteiger partial charge in [-0.25, -0.2) is 9.67 Å². The molecule has 0 amide bonds. The summed E-state index contributed by atoms with van der Waals surface area (Å²) in [6.45, 7) is 2.08. The maximum Gasteiger partial charge on any atom is 0.313 e. The highest BCUT2D eigenvalue weighted by Crippen LogP contribution is 2.23. The highest BCUT2D eigenvalue weighted by molar-refractivity contribution is 9.10. The largest absolute Gasteiger partial charge is 0.481 e. The van der Waals surface area contributed by atoms with Gasteiger partial charge in [-0.1, -0.05) is 25.1 Å². The third-order valence-electron chi connectivity index (χ3n) is 2.51. The quantitative estimate of drug-likeness (QED) is 0.806. The summed E-state index contributed by atoms with van der Waals surface area (Å²) in [6.07, 6.45) is 3.56. The predicted molar refractivity (Wildman–Crippen MR) is 81.4 cm³/mol. The van der Waals surface area contributed by atoms with Crippen LogP contribution in [0.5, 0.6) is 0 Å². The molecule has 2 heterocycles. The van der Waals surface area contributed by atoms with Gasteiger partial charge in [0.2, 0.25) is 0 Å². The molecule has 1 N–H and O–H groups in total. The minimum Gasteiger partial charge on any atom is -0.481 e. The zero-order valence-electron chi connectivity index (χ0n) is 10.9. The van der Waals surface area contributed by atoms with E-state index in [0.717, 1.165) is 28.0 Å². The molecule has 7 heteroatoms. The van der Waals surface area contributed by atoms with Gasteiger partial charge in [0.25, 0.3) is 0 Å². The Bertz CT molecular complexity index is 598. The summed E-state index contributed by atoms with van der Waals surface area (Å²) in [5, 5.41) is 14.1.